The maximum Gasteiger partial charge on any atom is 0.416 e. The van der Waals surface area contributed by atoms with Crippen molar-refractivity contribution in [2.45, 2.75) is 44.4 Å². The molecule has 0 bridgehead atoms. The van der Waals surface area contributed by atoms with Crippen molar-refractivity contribution in [3.05, 3.63) is 83.9 Å². The number of benzene rings is 3. The zero-order chi connectivity index (χ0) is 28.2. The SMILES string of the molecule is CCOc1ccc(-n2c(SCC(=O)Nc3cccc(C(F)(F)F)c3)nnc2-c2ccc(C(C)(C)C)cc2)cc1. The monoisotopic (exact) mass is 554 g/mol. The summed E-state index contributed by atoms with van der Waals surface area (Å²) in [7, 11) is 0. The first-order chi connectivity index (χ1) is 18.5. The maximum atomic E-state index is 13.0. The Morgan fingerprint density at radius 2 is 1.64 bits per heavy atom. The van der Waals surface area contributed by atoms with E-state index in [4.69, 9.17) is 4.74 Å². The molecule has 39 heavy (non-hydrogen) atoms. The minimum absolute atomic E-state index is 0.00466. The van der Waals surface area contributed by atoms with E-state index >= 15 is 0 Å². The molecule has 1 N–H and O–H groups in total. The molecule has 4 aromatic rings. The molecule has 1 amide bonds. The Kier molecular flexibility index (Phi) is 8.34. The molecule has 0 radical (unpaired) electrons. The molecule has 0 aliphatic heterocycles. The van der Waals surface area contributed by atoms with Gasteiger partial charge in [0.2, 0.25) is 5.91 Å². The van der Waals surface area contributed by atoms with Gasteiger partial charge in [0.05, 0.1) is 17.9 Å². The number of hydrogen-bond acceptors (Lipinski definition) is 5. The highest BCUT2D eigenvalue weighted by Gasteiger charge is 2.30. The Balaban J connectivity index is 1.60. The lowest BCUT2D eigenvalue weighted by Gasteiger charge is -2.19. The van der Waals surface area contributed by atoms with Crippen molar-refractivity contribution in [2.75, 3.05) is 17.7 Å². The second kappa shape index (κ2) is 11.5. The fourth-order valence-corrected chi connectivity index (χ4v) is 4.61. The fraction of sp³-hybridized carbons (Fsp3) is 0.276. The van der Waals surface area contributed by atoms with Gasteiger partial charge in [0.15, 0.2) is 11.0 Å². The molecule has 0 saturated heterocycles. The minimum atomic E-state index is -4.49. The first-order valence-corrected chi connectivity index (χ1v) is 13.3. The summed E-state index contributed by atoms with van der Waals surface area (Å²) < 4.78 is 46.5. The number of carbonyl (C=O) groups is 1. The molecule has 6 nitrogen and oxygen atoms in total. The van der Waals surface area contributed by atoms with E-state index in [1.54, 1.807) is 0 Å². The number of nitrogens with zero attached hydrogens (tertiary/aromatic N) is 3. The average Bonchev–Trinajstić information content (AvgIpc) is 3.31. The predicted molar refractivity (Wildman–Crippen MR) is 147 cm³/mol. The van der Waals surface area contributed by atoms with Crippen LogP contribution in [-0.2, 0) is 16.4 Å². The summed E-state index contributed by atoms with van der Waals surface area (Å²) in [5.41, 5.74) is 2.05. The molecule has 4 rings (SSSR count). The Labute approximate surface area is 229 Å². The number of alkyl halides is 3. The Morgan fingerprint density at radius 3 is 2.26 bits per heavy atom. The van der Waals surface area contributed by atoms with Crippen LogP contribution in [0.25, 0.3) is 17.1 Å². The van der Waals surface area contributed by atoms with Gasteiger partial charge in [0, 0.05) is 16.9 Å². The van der Waals surface area contributed by atoms with E-state index in [0.717, 1.165) is 40.9 Å². The van der Waals surface area contributed by atoms with E-state index in [9.17, 15) is 18.0 Å². The smallest absolute Gasteiger partial charge is 0.416 e. The number of thioether (sulfide) groups is 1. The molecule has 3 aromatic carbocycles. The number of carbonyl (C=O) groups excluding carboxylic acids is 1. The van der Waals surface area contributed by atoms with Crippen LogP contribution in [0.5, 0.6) is 5.75 Å². The molecule has 204 valence electrons. The summed E-state index contributed by atoms with van der Waals surface area (Å²) in [5, 5.41) is 11.8. The topological polar surface area (TPSA) is 69.0 Å². The molecular weight excluding hydrogens is 525 g/mol. The summed E-state index contributed by atoms with van der Waals surface area (Å²) in [6, 6.07) is 20.1. The van der Waals surface area contributed by atoms with Crippen LogP contribution in [0, 0.1) is 0 Å². The second-order valence-corrected chi connectivity index (χ2v) is 10.8. The lowest BCUT2D eigenvalue weighted by Crippen LogP contribution is -2.15. The van der Waals surface area contributed by atoms with Crippen molar-refractivity contribution in [1.29, 1.82) is 0 Å². The Morgan fingerprint density at radius 1 is 0.949 bits per heavy atom. The van der Waals surface area contributed by atoms with Gasteiger partial charge in [-0.3, -0.25) is 9.36 Å². The van der Waals surface area contributed by atoms with Crippen LogP contribution in [0.2, 0.25) is 0 Å². The van der Waals surface area contributed by atoms with Crippen molar-refractivity contribution in [1.82, 2.24) is 14.8 Å². The average molecular weight is 555 g/mol. The number of nitrogens with one attached hydrogen (secondary N) is 1. The first kappa shape index (κ1) is 28.2. The molecule has 0 fully saturated rings. The Bertz CT molecular complexity index is 1430. The quantitative estimate of drug-likeness (QED) is 0.230. The molecule has 1 heterocycles. The van der Waals surface area contributed by atoms with Gasteiger partial charge in [0.1, 0.15) is 5.75 Å². The molecule has 10 heteroatoms. The lowest BCUT2D eigenvalue weighted by molar-refractivity contribution is -0.137. The van der Waals surface area contributed by atoms with E-state index in [1.807, 2.05) is 47.9 Å². The largest absolute Gasteiger partial charge is 0.494 e. The minimum Gasteiger partial charge on any atom is -0.494 e. The third kappa shape index (κ3) is 7.00. The van der Waals surface area contributed by atoms with E-state index < -0.39 is 17.6 Å². The van der Waals surface area contributed by atoms with Gasteiger partial charge >= 0.3 is 6.18 Å². The molecule has 0 aliphatic rings. The van der Waals surface area contributed by atoms with Crippen LogP contribution < -0.4 is 10.1 Å². The summed E-state index contributed by atoms with van der Waals surface area (Å²) in [6.07, 6.45) is -4.49. The molecule has 0 unspecified atom stereocenters. The number of hydrogen-bond donors (Lipinski definition) is 1. The van der Waals surface area contributed by atoms with Crippen molar-refractivity contribution < 1.29 is 22.7 Å². The number of aromatic nitrogens is 3. The van der Waals surface area contributed by atoms with Gasteiger partial charge < -0.3 is 10.1 Å². The van der Waals surface area contributed by atoms with Crippen LogP contribution in [0.15, 0.2) is 78.0 Å². The zero-order valence-corrected chi connectivity index (χ0v) is 22.9. The molecule has 1 aromatic heterocycles. The van der Waals surface area contributed by atoms with E-state index in [2.05, 4.69) is 48.4 Å². The second-order valence-electron chi connectivity index (χ2n) is 9.81. The number of ether oxygens (including phenoxy) is 1. The number of rotatable bonds is 8. The molecular formula is C29H29F3N4O2S. The lowest BCUT2D eigenvalue weighted by atomic mass is 9.87. The number of anilines is 1. The number of amides is 1. The van der Waals surface area contributed by atoms with E-state index in [0.29, 0.717) is 17.6 Å². The van der Waals surface area contributed by atoms with Crippen LogP contribution in [0.4, 0.5) is 18.9 Å². The van der Waals surface area contributed by atoms with E-state index in [1.165, 1.54) is 17.7 Å². The highest BCUT2D eigenvalue weighted by atomic mass is 32.2. The van der Waals surface area contributed by atoms with Crippen LogP contribution in [0.3, 0.4) is 0 Å². The normalized spacial score (nSPS) is 11.9. The third-order valence-electron chi connectivity index (χ3n) is 5.85. The van der Waals surface area contributed by atoms with Gasteiger partial charge in [-0.15, -0.1) is 10.2 Å². The molecule has 0 saturated carbocycles. The summed E-state index contributed by atoms with van der Waals surface area (Å²) >= 11 is 1.14. The van der Waals surface area contributed by atoms with Crippen LogP contribution >= 0.6 is 11.8 Å². The summed E-state index contributed by atoms with van der Waals surface area (Å²) in [5.74, 6) is 0.783. The van der Waals surface area contributed by atoms with Crippen LogP contribution in [0.1, 0.15) is 38.8 Å². The van der Waals surface area contributed by atoms with Gasteiger partial charge in [-0.1, -0.05) is 62.9 Å². The fourth-order valence-electron chi connectivity index (χ4n) is 3.86. The highest BCUT2D eigenvalue weighted by molar-refractivity contribution is 7.99. The third-order valence-corrected chi connectivity index (χ3v) is 6.78. The Hall–Kier alpha value is -3.79. The van der Waals surface area contributed by atoms with Crippen LogP contribution in [-0.4, -0.2) is 33.0 Å². The van der Waals surface area contributed by atoms with Gasteiger partial charge in [-0.2, -0.15) is 13.2 Å². The number of halogens is 3. The summed E-state index contributed by atoms with van der Waals surface area (Å²) in [4.78, 5) is 12.6. The van der Waals surface area contributed by atoms with Gasteiger partial charge in [-0.25, -0.2) is 0 Å². The van der Waals surface area contributed by atoms with Gasteiger partial charge in [0.25, 0.3) is 0 Å². The van der Waals surface area contributed by atoms with Crippen molar-refractivity contribution in [2.24, 2.45) is 0 Å². The molecule has 0 atom stereocenters. The molecule has 0 aliphatic carbocycles. The van der Waals surface area contributed by atoms with Crippen molar-refractivity contribution in [3.63, 3.8) is 0 Å². The predicted octanol–water partition coefficient (Wildman–Crippen LogP) is 7.38. The van der Waals surface area contributed by atoms with Crippen molar-refractivity contribution in [3.8, 4) is 22.8 Å². The highest BCUT2D eigenvalue weighted by Crippen LogP contribution is 2.32. The van der Waals surface area contributed by atoms with Gasteiger partial charge in [-0.05, 0) is 60.4 Å². The zero-order valence-electron chi connectivity index (χ0n) is 22.0. The summed E-state index contributed by atoms with van der Waals surface area (Å²) in [6.45, 7) is 8.88. The molecule has 0 spiro atoms. The van der Waals surface area contributed by atoms with Crippen molar-refractivity contribution >= 4 is 23.4 Å². The van der Waals surface area contributed by atoms with E-state index in [-0.39, 0.29) is 16.9 Å². The standard InChI is InChI=1S/C29H29F3N4O2S/c1-5-38-24-15-13-23(14-16-24)36-26(19-9-11-20(12-10-19)28(2,3)4)34-35-27(36)39-18-25(37)33-22-8-6-7-21(17-22)29(30,31)32/h6-17H,5,18H2,1-4H3,(H,33,37). The first-order valence-electron chi connectivity index (χ1n) is 12.3. The maximum absolute atomic E-state index is 13.0.